The van der Waals surface area contributed by atoms with Gasteiger partial charge in [0.15, 0.2) is 0 Å². The van der Waals surface area contributed by atoms with Gasteiger partial charge in [0, 0.05) is 5.75 Å². The Morgan fingerprint density at radius 2 is 1.39 bits per heavy atom. The molecule has 1 N–H and O–H groups in total. The van der Waals surface area contributed by atoms with E-state index in [4.69, 9.17) is 9.29 Å². The number of aliphatic hydroxyl groups excluding tert-OH is 1. The molecule has 0 saturated heterocycles. The molecular weight excluding hydrogens is 244 g/mol. The minimum absolute atomic E-state index is 0.342. The summed E-state index contributed by atoms with van der Waals surface area (Å²) in [6, 6.07) is 0. The zero-order chi connectivity index (χ0) is 13.5. The third-order valence-corrected chi connectivity index (χ3v) is 3.73. The molecule has 0 aliphatic rings. The van der Waals surface area contributed by atoms with Crippen LogP contribution in [0.2, 0.25) is 0 Å². The Labute approximate surface area is 118 Å². The first-order valence-corrected chi connectivity index (χ1v) is 8.61. The van der Waals surface area contributed by atoms with E-state index < -0.39 is 0 Å². The van der Waals surface area contributed by atoms with E-state index in [1.807, 2.05) is 0 Å². The zero-order valence-corrected chi connectivity index (χ0v) is 13.1. The van der Waals surface area contributed by atoms with Gasteiger partial charge in [-0.1, -0.05) is 64.7 Å². The number of hydrogen-bond donors (Lipinski definition) is 1. The van der Waals surface area contributed by atoms with Crippen LogP contribution in [0.4, 0.5) is 0 Å². The molecule has 0 spiro atoms. The fourth-order valence-electron chi connectivity index (χ4n) is 1.85. The molecular formula is C15H32O2S. The van der Waals surface area contributed by atoms with E-state index in [0.717, 1.165) is 5.75 Å². The molecule has 18 heavy (non-hydrogen) atoms. The highest BCUT2D eigenvalue weighted by Crippen LogP contribution is 2.12. The summed E-state index contributed by atoms with van der Waals surface area (Å²) >= 11 is 1.50. The largest absolute Gasteiger partial charge is 0.391 e. The van der Waals surface area contributed by atoms with Gasteiger partial charge in [0.05, 0.1) is 12.7 Å². The highest BCUT2D eigenvalue weighted by molar-refractivity contribution is 7.94. The molecule has 0 amide bonds. The van der Waals surface area contributed by atoms with Crippen molar-refractivity contribution >= 4 is 12.0 Å². The lowest BCUT2D eigenvalue weighted by Crippen LogP contribution is -2.06. The Bertz CT molecular complexity index is 151. The summed E-state index contributed by atoms with van der Waals surface area (Å²) in [5, 5.41) is 8.99. The summed E-state index contributed by atoms with van der Waals surface area (Å²) in [4.78, 5) is 0. The van der Waals surface area contributed by atoms with Crippen LogP contribution in [-0.2, 0) is 4.18 Å². The van der Waals surface area contributed by atoms with Crippen LogP contribution in [-0.4, -0.2) is 23.6 Å². The van der Waals surface area contributed by atoms with Crippen molar-refractivity contribution in [2.75, 3.05) is 12.4 Å². The first-order chi connectivity index (χ1) is 8.77. The molecule has 0 rings (SSSR count). The first-order valence-electron chi connectivity index (χ1n) is 7.69. The molecule has 0 radical (unpaired) electrons. The molecule has 0 aliphatic heterocycles. The molecule has 2 nitrogen and oxygen atoms in total. The van der Waals surface area contributed by atoms with Crippen molar-refractivity contribution in [3.63, 3.8) is 0 Å². The van der Waals surface area contributed by atoms with Crippen LogP contribution >= 0.6 is 12.0 Å². The summed E-state index contributed by atoms with van der Waals surface area (Å²) in [5.74, 6) is 1.06. The molecule has 0 aromatic rings. The lowest BCUT2D eigenvalue weighted by Gasteiger charge is -2.05. The van der Waals surface area contributed by atoms with E-state index in [1.54, 1.807) is 6.92 Å². The van der Waals surface area contributed by atoms with Crippen LogP contribution < -0.4 is 0 Å². The Morgan fingerprint density at radius 1 is 0.889 bits per heavy atom. The van der Waals surface area contributed by atoms with Gasteiger partial charge in [0.2, 0.25) is 0 Å². The van der Waals surface area contributed by atoms with Crippen molar-refractivity contribution < 1.29 is 9.29 Å². The summed E-state index contributed by atoms with van der Waals surface area (Å²) in [5.41, 5.74) is 0. The van der Waals surface area contributed by atoms with Crippen molar-refractivity contribution in [2.45, 2.75) is 84.2 Å². The van der Waals surface area contributed by atoms with Crippen molar-refractivity contribution in [1.29, 1.82) is 0 Å². The second-order valence-electron chi connectivity index (χ2n) is 5.14. The Balaban J connectivity index is 2.90. The highest BCUT2D eigenvalue weighted by atomic mass is 32.2. The predicted octanol–water partition coefficient (Wildman–Crippen LogP) is 4.95. The molecule has 1 atom stereocenters. The molecule has 0 aromatic heterocycles. The van der Waals surface area contributed by atoms with Gasteiger partial charge in [0.1, 0.15) is 0 Å². The molecule has 1 unspecified atom stereocenters. The van der Waals surface area contributed by atoms with Gasteiger partial charge in [0.25, 0.3) is 0 Å². The normalized spacial score (nSPS) is 12.8. The van der Waals surface area contributed by atoms with Crippen molar-refractivity contribution in [3.8, 4) is 0 Å². The van der Waals surface area contributed by atoms with Gasteiger partial charge < -0.3 is 9.29 Å². The predicted molar refractivity (Wildman–Crippen MR) is 81.9 cm³/mol. The maximum absolute atomic E-state index is 8.99. The highest BCUT2D eigenvalue weighted by Gasteiger charge is 1.96. The third-order valence-electron chi connectivity index (χ3n) is 2.97. The van der Waals surface area contributed by atoms with Crippen LogP contribution in [0, 0.1) is 0 Å². The second kappa shape index (κ2) is 15.3. The van der Waals surface area contributed by atoms with E-state index in [0.29, 0.717) is 6.61 Å². The topological polar surface area (TPSA) is 29.5 Å². The van der Waals surface area contributed by atoms with E-state index >= 15 is 0 Å². The van der Waals surface area contributed by atoms with E-state index in [2.05, 4.69) is 6.92 Å². The van der Waals surface area contributed by atoms with Crippen LogP contribution in [0.1, 0.15) is 78.1 Å². The second-order valence-corrected chi connectivity index (χ2v) is 6.02. The van der Waals surface area contributed by atoms with E-state index in [-0.39, 0.29) is 6.10 Å². The molecule has 110 valence electrons. The fourth-order valence-corrected chi connectivity index (χ4v) is 2.59. The van der Waals surface area contributed by atoms with Crippen molar-refractivity contribution in [2.24, 2.45) is 0 Å². The lowest BCUT2D eigenvalue weighted by molar-refractivity contribution is 0.135. The zero-order valence-electron chi connectivity index (χ0n) is 12.3. The van der Waals surface area contributed by atoms with Gasteiger partial charge in [-0.15, -0.1) is 0 Å². The quantitative estimate of drug-likeness (QED) is 0.359. The molecule has 0 aliphatic carbocycles. The van der Waals surface area contributed by atoms with Crippen LogP contribution in [0.15, 0.2) is 0 Å². The summed E-state index contributed by atoms with van der Waals surface area (Å²) < 4.78 is 5.24. The fraction of sp³-hybridized carbons (Fsp3) is 1.00. The van der Waals surface area contributed by atoms with Gasteiger partial charge in [-0.25, -0.2) is 0 Å². The van der Waals surface area contributed by atoms with E-state index in [9.17, 15) is 0 Å². The molecule has 0 heterocycles. The van der Waals surface area contributed by atoms with Gasteiger partial charge >= 0.3 is 0 Å². The summed E-state index contributed by atoms with van der Waals surface area (Å²) in [7, 11) is 0. The van der Waals surface area contributed by atoms with Crippen LogP contribution in [0.5, 0.6) is 0 Å². The SMILES string of the molecule is CCCCCCCCCCCCSOCC(C)O. The van der Waals surface area contributed by atoms with Crippen LogP contribution in [0.3, 0.4) is 0 Å². The molecule has 0 bridgehead atoms. The van der Waals surface area contributed by atoms with Gasteiger partial charge in [-0.3, -0.25) is 0 Å². The average Bonchev–Trinajstić information content (AvgIpc) is 2.34. The smallest absolute Gasteiger partial charge is 0.0870 e. The monoisotopic (exact) mass is 276 g/mol. The minimum atomic E-state index is -0.342. The Kier molecular flexibility index (Phi) is 15.6. The Hall–Kier alpha value is 0.270. The summed E-state index contributed by atoms with van der Waals surface area (Å²) in [6.07, 6.45) is 13.4. The third kappa shape index (κ3) is 16.3. The lowest BCUT2D eigenvalue weighted by atomic mass is 10.1. The standard InChI is InChI=1S/C15H32O2S/c1-3-4-5-6-7-8-9-10-11-12-13-18-17-14-15(2)16/h15-16H,3-14H2,1-2H3. The van der Waals surface area contributed by atoms with Crippen molar-refractivity contribution in [3.05, 3.63) is 0 Å². The number of rotatable bonds is 14. The number of aliphatic hydroxyl groups is 1. The molecule has 3 heteroatoms. The maximum atomic E-state index is 8.99. The van der Waals surface area contributed by atoms with Crippen LogP contribution in [0.25, 0.3) is 0 Å². The van der Waals surface area contributed by atoms with E-state index in [1.165, 1.54) is 76.3 Å². The van der Waals surface area contributed by atoms with Gasteiger partial charge in [-0.05, 0) is 25.4 Å². The summed E-state index contributed by atoms with van der Waals surface area (Å²) in [6.45, 7) is 4.46. The molecule has 0 saturated carbocycles. The Morgan fingerprint density at radius 3 is 1.89 bits per heavy atom. The molecule has 0 fully saturated rings. The number of hydrogen-bond acceptors (Lipinski definition) is 3. The van der Waals surface area contributed by atoms with Gasteiger partial charge in [-0.2, -0.15) is 0 Å². The van der Waals surface area contributed by atoms with Crippen molar-refractivity contribution in [1.82, 2.24) is 0 Å². The first kappa shape index (κ1) is 18.3. The number of unbranched alkanes of at least 4 members (excludes halogenated alkanes) is 9. The molecule has 0 aromatic carbocycles. The minimum Gasteiger partial charge on any atom is -0.391 e. The maximum Gasteiger partial charge on any atom is 0.0870 e. The average molecular weight is 276 g/mol.